The van der Waals surface area contributed by atoms with Crippen LogP contribution in [0.1, 0.15) is 51.4 Å². The van der Waals surface area contributed by atoms with Gasteiger partial charge in [0.1, 0.15) is 0 Å². The summed E-state index contributed by atoms with van der Waals surface area (Å²) in [5.74, 6) is 0. The molecule has 0 fully saturated rings. The Hall–Kier alpha value is -2.48. The largest absolute Gasteiger partial charge is 0.372 e. The van der Waals surface area contributed by atoms with Crippen LogP contribution in [0, 0.1) is 41.5 Å². The number of benzene rings is 2. The van der Waals surface area contributed by atoms with Crippen molar-refractivity contribution in [3.8, 4) is 0 Å². The predicted molar refractivity (Wildman–Crippen MR) is 115 cm³/mol. The van der Waals surface area contributed by atoms with Crippen LogP contribution in [0.4, 0.5) is 0 Å². The van der Waals surface area contributed by atoms with Crippen LogP contribution in [0.15, 0.2) is 36.7 Å². The first-order valence-corrected chi connectivity index (χ1v) is 9.29. The monoisotopic (exact) mass is 348 g/mol. The van der Waals surface area contributed by atoms with Gasteiger partial charge in [-0.25, -0.2) is 0 Å². The highest BCUT2D eigenvalue weighted by molar-refractivity contribution is 5.54. The molecule has 0 saturated carbocycles. The Morgan fingerprint density at radius 3 is 1.23 bits per heavy atom. The van der Waals surface area contributed by atoms with Crippen molar-refractivity contribution in [2.75, 3.05) is 0 Å². The molecule has 2 N–H and O–H groups in total. The van der Waals surface area contributed by atoms with Crippen molar-refractivity contribution < 1.29 is 0 Å². The average Bonchev–Trinajstić information content (AvgIpc) is 2.57. The molecule has 2 aromatic rings. The Morgan fingerprint density at radius 1 is 0.615 bits per heavy atom. The normalized spacial score (nSPS) is 11.7. The Bertz CT molecular complexity index is 713. The summed E-state index contributed by atoms with van der Waals surface area (Å²) in [5, 5.41) is 6.72. The van der Waals surface area contributed by atoms with Gasteiger partial charge in [-0.15, -0.1) is 0 Å². The van der Waals surface area contributed by atoms with Crippen molar-refractivity contribution in [2.24, 2.45) is 0 Å². The summed E-state index contributed by atoms with van der Waals surface area (Å²) in [6, 6.07) is 8.89. The van der Waals surface area contributed by atoms with Crippen molar-refractivity contribution in [3.63, 3.8) is 0 Å². The molecule has 0 saturated heterocycles. The molecule has 0 atom stereocenters. The van der Waals surface area contributed by atoms with Crippen molar-refractivity contribution in [1.82, 2.24) is 10.6 Å². The lowest BCUT2D eigenvalue weighted by Gasteiger charge is -2.12. The molecule has 0 aliphatic rings. The molecule has 0 bridgehead atoms. The van der Waals surface area contributed by atoms with Gasteiger partial charge in [0, 0.05) is 0 Å². The molecule has 2 nitrogen and oxygen atoms in total. The summed E-state index contributed by atoms with van der Waals surface area (Å²) in [5.41, 5.74) is 10.5. The fourth-order valence-electron chi connectivity index (χ4n) is 2.96. The Balaban J connectivity index is 1.90. The standard InChI is InChI=1S/C24H32N2/c1-16-12-23(13-17(2)20(16)5)8-10-25-22(7)26-11-9-24-14-18(3)21(6)19(4)15-24/h8-15,22,25-26H,1-7H3/b10-8+,11-9+. The van der Waals surface area contributed by atoms with E-state index >= 15 is 0 Å². The van der Waals surface area contributed by atoms with E-state index in [1.165, 1.54) is 44.5 Å². The van der Waals surface area contributed by atoms with E-state index in [-0.39, 0.29) is 6.17 Å². The summed E-state index contributed by atoms with van der Waals surface area (Å²) in [4.78, 5) is 0. The molecule has 2 heteroatoms. The molecule has 0 spiro atoms. The minimum Gasteiger partial charge on any atom is -0.372 e. The van der Waals surface area contributed by atoms with Crippen molar-refractivity contribution >= 4 is 12.2 Å². The highest BCUT2D eigenvalue weighted by Crippen LogP contribution is 2.17. The Kier molecular flexibility index (Phi) is 6.68. The second-order valence-electron chi connectivity index (χ2n) is 7.28. The molecule has 0 radical (unpaired) electrons. The van der Waals surface area contributed by atoms with E-state index in [4.69, 9.17) is 0 Å². The van der Waals surface area contributed by atoms with Gasteiger partial charge in [-0.05, 0) is 118 Å². The van der Waals surface area contributed by atoms with Gasteiger partial charge >= 0.3 is 0 Å². The lowest BCUT2D eigenvalue weighted by Crippen LogP contribution is -2.32. The van der Waals surface area contributed by atoms with Gasteiger partial charge in [-0.3, -0.25) is 0 Å². The number of aryl methyl sites for hydroxylation is 4. The molecule has 2 rings (SSSR count). The van der Waals surface area contributed by atoms with Crippen LogP contribution < -0.4 is 10.6 Å². The van der Waals surface area contributed by atoms with E-state index in [0.29, 0.717) is 0 Å². The van der Waals surface area contributed by atoms with Crippen LogP contribution in [0.3, 0.4) is 0 Å². The molecular weight excluding hydrogens is 316 g/mol. The summed E-state index contributed by atoms with van der Waals surface area (Å²) in [6.07, 6.45) is 8.41. The van der Waals surface area contributed by atoms with E-state index < -0.39 is 0 Å². The SMILES string of the molecule is Cc1cc(/C=C/NC(C)N/C=C/c2cc(C)c(C)c(C)c2)cc(C)c1C. The highest BCUT2D eigenvalue weighted by Gasteiger charge is 2.00. The number of rotatable bonds is 6. The van der Waals surface area contributed by atoms with Crippen molar-refractivity contribution in [3.05, 3.63) is 81.2 Å². The fourth-order valence-corrected chi connectivity index (χ4v) is 2.96. The molecule has 0 heterocycles. The van der Waals surface area contributed by atoms with E-state index in [1.54, 1.807) is 0 Å². The van der Waals surface area contributed by atoms with Crippen molar-refractivity contribution in [1.29, 1.82) is 0 Å². The third-order valence-electron chi connectivity index (χ3n) is 5.14. The first-order chi connectivity index (χ1) is 12.3. The maximum absolute atomic E-state index is 3.36. The molecular formula is C24H32N2. The third-order valence-corrected chi connectivity index (χ3v) is 5.14. The van der Waals surface area contributed by atoms with Crippen LogP contribution in [0.5, 0.6) is 0 Å². The number of hydrogen-bond donors (Lipinski definition) is 2. The third kappa shape index (κ3) is 5.26. The summed E-state index contributed by atoms with van der Waals surface area (Å²) in [7, 11) is 0. The minimum absolute atomic E-state index is 0.155. The zero-order chi connectivity index (χ0) is 19.3. The van der Waals surface area contributed by atoms with Gasteiger partial charge in [-0.1, -0.05) is 24.3 Å². The lowest BCUT2D eigenvalue weighted by atomic mass is 10.0. The summed E-state index contributed by atoms with van der Waals surface area (Å²) >= 11 is 0. The van der Waals surface area contributed by atoms with E-state index in [2.05, 4.69) is 95.5 Å². The van der Waals surface area contributed by atoms with Crippen molar-refractivity contribution in [2.45, 2.75) is 54.6 Å². The van der Waals surface area contributed by atoms with Gasteiger partial charge < -0.3 is 10.6 Å². The number of nitrogens with one attached hydrogen (secondary N) is 2. The average molecular weight is 349 g/mol. The van der Waals surface area contributed by atoms with Crippen LogP contribution in [0.25, 0.3) is 12.2 Å². The molecule has 0 unspecified atom stereocenters. The molecule has 26 heavy (non-hydrogen) atoms. The Labute approximate surface area is 159 Å². The fraction of sp³-hybridized carbons (Fsp3) is 0.333. The van der Waals surface area contributed by atoms with Gasteiger partial charge in [0.2, 0.25) is 0 Å². The first kappa shape index (κ1) is 19.8. The van der Waals surface area contributed by atoms with E-state index in [9.17, 15) is 0 Å². The molecule has 0 aliphatic heterocycles. The van der Waals surface area contributed by atoms with Gasteiger partial charge in [-0.2, -0.15) is 0 Å². The van der Waals surface area contributed by atoms with Crippen LogP contribution in [-0.4, -0.2) is 6.17 Å². The smallest absolute Gasteiger partial charge is 0.0925 e. The number of hydrogen-bond acceptors (Lipinski definition) is 2. The van der Waals surface area contributed by atoms with Gasteiger partial charge in [0.25, 0.3) is 0 Å². The van der Waals surface area contributed by atoms with Gasteiger partial charge in [0.15, 0.2) is 0 Å². The quantitative estimate of drug-likeness (QED) is 0.654. The molecule has 0 amide bonds. The minimum atomic E-state index is 0.155. The topological polar surface area (TPSA) is 24.1 Å². The van der Waals surface area contributed by atoms with E-state index in [1.807, 2.05) is 12.4 Å². The molecule has 2 aromatic carbocycles. The van der Waals surface area contributed by atoms with Crippen LogP contribution in [0.2, 0.25) is 0 Å². The molecule has 138 valence electrons. The van der Waals surface area contributed by atoms with Crippen LogP contribution in [-0.2, 0) is 0 Å². The zero-order valence-electron chi connectivity index (χ0n) is 17.2. The second kappa shape index (κ2) is 8.75. The Morgan fingerprint density at radius 2 is 0.923 bits per heavy atom. The van der Waals surface area contributed by atoms with Crippen LogP contribution >= 0.6 is 0 Å². The predicted octanol–water partition coefficient (Wildman–Crippen LogP) is 5.70. The molecule has 0 aliphatic carbocycles. The maximum atomic E-state index is 3.36. The first-order valence-electron chi connectivity index (χ1n) is 9.29. The lowest BCUT2D eigenvalue weighted by molar-refractivity contribution is 0.585. The maximum Gasteiger partial charge on any atom is 0.0925 e. The van der Waals surface area contributed by atoms with E-state index in [0.717, 1.165) is 0 Å². The summed E-state index contributed by atoms with van der Waals surface area (Å²) in [6.45, 7) is 15.1. The highest BCUT2D eigenvalue weighted by atomic mass is 15.1. The molecule has 0 aromatic heterocycles. The zero-order valence-corrected chi connectivity index (χ0v) is 17.2. The summed E-state index contributed by atoms with van der Waals surface area (Å²) < 4.78 is 0. The van der Waals surface area contributed by atoms with Gasteiger partial charge in [0.05, 0.1) is 6.17 Å². The second-order valence-corrected chi connectivity index (χ2v) is 7.28.